The lowest BCUT2D eigenvalue weighted by atomic mass is 10.2. The van der Waals surface area contributed by atoms with Crippen molar-refractivity contribution in [2.45, 2.75) is 13.2 Å². The van der Waals surface area contributed by atoms with Crippen LogP contribution in [0.25, 0.3) is 0 Å². The SMILES string of the molecule is COc1ccc(CN/N=C/c2cc(Cl)ccc2OCc2ccc([N+](=O)[O-])cc2)cc1OC. The Morgan fingerprint density at radius 3 is 2.34 bits per heavy atom. The fraction of sp³-hybridized carbons (Fsp3) is 0.174. The number of ether oxygens (including phenoxy) is 3. The molecule has 0 spiro atoms. The van der Waals surface area contributed by atoms with Crippen molar-refractivity contribution in [2.75, 3.05) is 14.2 Å². The van der Waals surface area contributed by atoms with Gasteiger partial charge in [-0.25, -0.2) is 0 Å². The smallest absolute Gasteiger partial charge is 0.269 e. The van der Waals surface area contributed by atoms with Gasteiger partial charge in [0.15, 0.2) is 11.5 Å². The summed E-state index contributed by atoms with van der Waals surface area (Å²) >= 11 is 6.12. The number of hydrogen-bond acceptors (Lipinski definition) is 7. The number of non-ortho nitro benzene ring substituents is 1. The minimum atomic E-state index is -0.437. The number of halogens is 1. The van der Waals surface area contributed by atoms with Crippen LogP contribution in [0.4, 0.5) is 5.69 Å². The number of nitrogens with one attached hydrogen (secondary N) is 1. The molecule has 32 heavy (non-hydrogen) atoms. The van der Waals surface area contributed by atoms with Crippen molar-refractivity contribution in [1.29, 1.82) is 0 Å². The summed E-state index contributed by atoms with van der Waals surface area (Å²) < 4.78 is 16.4. The second kappa shape index (κ2) is 11.0. The third-order valence-electron chi connectivity index (χ3n) is 4.54. The molecule has 9 heteroatoms. The summed E-state index contributed by atoms with van der Waals surface area (Å²) in [4.78, 5) is 10.3. The van der Waals surface area contributed by atoms with Gasteiger partial charge in [0.1, 0.15) is 12.4 Å². The van der Waals surface area contributed by atoms with E-state index >= 15 is 0 Å². The van der Waals surface area contributed by atoms with E-state index in [0.29, 0.717) is 34.4 Å². The van der Waals surface area contributed by atoms with Gasteiger partial charge in [0.2, 0.25) is 0 Å². The van der Waals surface area contributed by atoms with Crippen molar-refractivity contribution in [1.82, 2.24) is 5.43 Å². The highest BCUT2D eigenvalue weighted by Crippen LogP contribution is 2.27. The molecule has 0 atom stereocenters. The molecule has 0 fully saturated rings. The van der Waals surface area contributed by atoms with Gasteiger partial charge in [-0.2, -0.15) is 5.10 Å². The first-order valence-corrected chi connectivity index (χ1v) is 10.0. The van der Waals surface area contributed by atoms with Crippen LogP contribution in [0.5, 0.6) is 17.2 Å². The second-order valence-corrected chi connectivity index (χ2v) is 7.11. The van der Waals surface area contributed by atoms with Gasteiger partial charge < -0.3 is 19.6 Å². The zero-order valence-corrected chi connectivity index (χ0v) is 18.3. The first kappa shape index (κ1) is 22.9. The van der Waals surface area contributed by atoms with Crippen LogP contribution in [0.3, 0.4) is 0 Å². The van der Waals surface area contributed by atoms with E-state index in [9.17, 15) is 10.1 Å². The normalized spacial score (nSPS) is 10.7. The minimum absolute atomic E-state index is 0.0358. The maximum absolute atomic E-state index is 10.8. The number of nitrogens with zero attached hydrogens (tertiary/aromatic N) is 2. The second-order valence-electron chi connectivity index (χ2n) is 6.68. The summed E-state index contributed by atoms with van der Waals surface area (Å²) in [6.07, 6.45) is 1.62. The molecule has 0 saturated carbocycles. The predicted molar refractivity (Wildman–Crippen MR) is 123 cm³/mol. The van der Waals surface area contributed by atoms with Crippen LogP contribution in [0.2, 0.25) is 5.02 Å². The van der Waals surface area contributed by atoms with Crippen molar-refractivity contribution >= 4 is 23.5 Å². The predicted octanol–water partition coefficient (Wildman–Crippen LogP) is 4.97. The topological polar surface area (TPSA) is 95.2 Å². The Morgan fingerprint density at radius 1 is 0.969 bits per heavy atom. The van der Waals surface area contributed by atoms with Crippen LogP contribution in [-0.4, -0.2) is 25.4 Å². The Balaban J connectivity index is 1.63. The third-order valence-corrected chi connectivity index (χ3v) is 4.77. The molecule has 3 aromatic carbocycles. The fourth-order valence-electron chi connectivity index (χ4n) is 2.87. The molecule has 8 nitrogen and oxygen atoms in total. The molecular weight excluding hydrogens is 434 g/mol. The van der Waals surface area contributed by atoms with Crippen molar-refractivity contribution in [3.63, 3.8) is 0 Å². The molecule has 3 aromatic rings. The van der Waals surface area contributed by atoms with Gasteiger partial charge in [-0.15, -0.1) is 0 Å². The highest BCUT2D eigenvalue weighted by molar-refractivity contribution is 6.30. The van der Waals surface area contributed by atoms with E-state index in [1.54, 1.807) is 50.8 Å². The van der Waals surface area contributed by atoms with E-state index in [4.69, 9.17) is 25.8 Å². The van der Waals surface area contributed by atoms with Gasteiger partial charge >= 0.3 is 0 Å². The summed E-state index contributed by atoms with van der Waals surface area (Å²) in [7, 11) is 3.18. The number of nitro benzene ring substituents is 1. The van der Waals surface area contributed by atoms with E-state index in [-0.39, 0.29) is 12.3 Å². The Bertz CT molecular complexity index is 1100. The van der Waals surface area contributed by atoms with E-state index in [0.717, 1.165) is 11.1 Å². The Labute approximate surface area is 190 Å². The molecular formula is C23H22ClN3O5. The maximum atomic E-state index is 10.8. The van der Waals surface area contributed by atoms with Crippen molar-refractivity contribution in [3.8, 4) is 17.2 Å². The molecule has 0 saturated heterocycles. The molecule has 0 aliphatic rings. The van der Waals surface area contributed by atoms with E-state index in [1.807, 2.05) is 18.2 Å². The summed E-state index contributed by atoms with van der Waals surface area (Å²) in [6, 6.07) is 17.1. The van der Waals surface area contributed by atoms with Crippen LogP contribution in [-0.2, 0) is 13.2 Å². The van der Waals surface area contributed by atoms with Crippen LogP contribution < -0.4 is 19.6 Å². The molecule has 3 rings (SSSR count). The van der Waals surface area contributed by atoms with Crippen molar-refractivity contribution < 1.29 is 19.1 Å². The lowest BCUT2D eigenvalue weighted by Gasteiger charge is -2.10. The van der Waals surface area contributed by atoms with Gasteiger partial charge in [0.25, 0.3) is 5.69 Å². The quantitative estimate of drug-likeness (QED) is 0.263. The van der Waals surface area contributed by atoms with Crippen molar-refractivity contribution in [2.24, 2.45) is 5.10 Å². The number of methoxy groups -OCH3 is 2. The van der Waals surface area contributed by atoms with Gasteiger partial charge in [-0.05, 0) is 53.6 Å². The molecule has 0 radical (unpaired) electrons. The zero-order valence-electron chi connectivity index (χ0n) is 17.6. The largest absolute Gasteiger partial charge is 0.493 e. The molecule has 0 bridgehead atoms. The van der Waals surface area contributed by atoms with E-state index < -0.39 is 4.92 Å². The molecule has 0 aliphatic carbocycles. The summed E-state index contributed by atoms with van der Waals surface area (Å²) in [6.45, 7) is 0.732. The lowest BCUT2D eigenvalue weighted by molar-refractivity contribution is -0.384. The Hall–Kier alpha value is -3.78. The van der Waals surface area contributed by atoms with Gasteiger partial charge in [0.05, 0.1) is 31.9 Å². The zero-order chi connectivity index (χ0) is 22.9. The molecule has 0 amide bonds. The molecule has 166 valence electrons. The van der Waals surface area contributed by atoms with Gasteiger partial charge in [-0.1, -0.05) is 17.7 Å². The molecule has 0 aliphatic heterocycles. The van der Waals surface area contributed by atoms with Crippen molar-refractivity contribution in [3.05, 3.63) is 92.5 Å². The number of benzene rings is 3. The molecule has 0 unspecified atom stereocenters. The van der Waals surface area contributed by atoms with E-state index in [1.165, 1.54) is 12.1 Å². The fourth-order valence-corrected chi connectivity index (χ4v) is 3.05. The van der Waals surface area contributed by atoms with E-state index in [2.05, 4.69) is 10.5 Å². The highest BCUT2D eigenvalue weighted by atomic mass is 35.5. The summed E-state index contributed by atoms with van der Waals surface area (Å²) in [5, 5.41) is 15.6. The number of nitro groups is 1. The lowest BCUT2D eigenvalue weighted by Crippen LogP contribution is -2.06. The highest BCUT2D eigenvalue weighted by Gasteiger charge is 2.07. The third kappa shape index (κ3) is 6.12. The number of rotatable bonds is 10. The standard InChI is InChI=1S/C23H22ClN3O5/c1-30-22-9-5-17(11-23(22)31-2)13-25-26-14-18-12-19(24)6-10-21(18)32-15-16-3-7-20(8-4-16)27(28)29/h3-12,14,25H,13,15H2,1-2H3/b26-14+. The number of hydrogen-bond donors (Lipinski definition) is 1. The van der Waals surface area contributed by atoms with Crippen LogP contribution in [0.15, 0.2) is 65.8 Å². The van der Waals surface area contributed by atoms with Crippen LogP contribution >= 0.6 is 11.6 Å². The first-order valence-electron chi connectivity index (χ1n) is 9.62. The Morgan fingerprint density at radius 2 is 1.66 bits per heavy atom. The van der Waals surface area contributed by atoms with Gasteiger partial charge in [0, 0.05) is 22.7 Å². The summed E-state index contributed by atoms with van der Waals surface area (Å²) in [5.74, 6) is 1.89. The molecule has 0 heterocycles. The Kier molecular flexibility index (Phi) is 7.88. The average molecular weight is 456 g/mol. The molecule has 1 N–H and O–H groups in total. The van der Waals surface area contributed by atoms with Crippen LogP contribution in [0.1, 0.15) is 16.7 Å². The van der Waals surface area contributed by atoms with Gasteiger partial charge in [-0.3, -0.25) is 10.1 Å². The summed E-state index contributed by atoms with van der Waals surface area (Å²) in [5.41, 5.74) is 5.49. The molecule has 0 aromatic heterocycles. The van der Waals surface area contributed by atoms with Crippen LogP contribution in [0, 0.1) is 10.1 Å². The first-order chi connectivity index (χ1) is 15.5. The minimum Gasteiger partial charge on any atom is -0.493 e. The number of hydrazone groups is 1. The average Bonchev–Trinajstić information content (AvgIpc) is 2.81. The monoisotopic (exact) mass is 455 g/mol. The maximum Gasteiger partial charge on any atom is 0.269 e.